The van der Waals surface area contributed by atoms with Crippen molar-refractivity contribution in [3.8, 4) is 17.6 Å². The van der Waals surface area contributed by atoms with Gasteiger partial charge in [0.1, 0.15) is 6.04 Å². The Morgan fingerprint density at radius 2 is 1.94 bits per heavy atom. The second kappa shape index (κ2) is 4.84. The van der Waals surface area contributed by atoms with E-state index in [9.17, 15) is 5.26 Å². The standard InChI is InChI=1S/C13H14N2O3/c14-8-11(15-3-5-16-6-4-15)10-1-2-12-13(7-10)18-9-17-12/h1-2,7,11H,3-6,9H2/t11-/m0/s1. The maximum Gasteiger partial charge on any atom is 0.231 e. The lowest BCUT2D eigenvalue weighted by Crippen LogP contribution is -2.38. The summed E-state index contributed by atoms with van der Waals surface area (Å²) in [6.45, 7) is 3.19. The summed E-state index contributed by atoms with van der Waals surface area (Å²) >= 11 is 0. The molecule has 1 aromatic rings. The molecule has 2 aliphatic rings. The normalized spacial score (nSPS) is 20.4. The van der Waals surface area contributed by atoms with E-state index in [4.69, 9.17) is 14.2 Å². The van der Waals surface area contributed by atoms with Gasteiger partial charge in [0.15, 0.2) is 11.5 Å². The third-order valence-electron chi connectivity index (χ3n) is 3.25. The lowest BCUT2D eigenvalue weighted by molar-refractivity contribution is 0.0266. The second-order valence-corrected chi connectivity index (χ2v) is 4.29. The third kappa shape index (κ3) is 2.01. The molecule has 0 N–H and O–H groups in total. The summed E-state index contributed by atoms with van der Waals surface area (Å²) in [5.41, 5.74) is 0.948. The Morgan fingerprint density at radius 3 is 2.72 bits per heavy atom. The number of rotatable bonds is 2. The Kier molecular flexibility index (Phi) is 3.05. The number of benzene rings is 1. The largest absolute Gasteiger partial charge is 0.454 e. The molecule has 5 nitrogen and oxygen atoms in total. The van der Waals surface area contributed by atoms with E-state index in [0.717, 1.165) is 30.2 Å². The molecule has 1 fully saturated rings. The molecule has 94 valence electrons. The van der Waals surface area contributed by atoms with Crippen molar-refractivity contribution < 1.29 is 14.2 Å². The minimum atomic E-state index is -0.247. The fourth-order valence-corrected chi connectivity index (χ4v) is 2.29. The summed E-state index contributed by atoms with van der Waals surface area (Å²) in [5, 5.41) is 9.38. The summed E-state index contributed by atoms with van der Waals surface area (Å²) in [4.78, 5) is 2.13. The molecule has 1 atom stereocenters. The van der Waals surface area contributed by atoms with Crippen molar-refractivity contribution >= 4 is 0 Å². The predicted molar refractivity (Wildman–Crippen MR) is 63.3 cm³/mol. The average Bonchev–Trinajstić information content (AvgIpc) is 2.88. The fraction of sp³-hybridized carbons (Fsp3) is 0.462. The smallest absolute Gasteiger partial charge is 0.231 e. The summed E-state index contributed by atoms with van der Waals surface area (Å²) in [5.74, 6) is 1.47. The van der Waals surface area contributed by atoms with Crippen LogP contribution in [0.3, 0.4) is 0 Å². The molecule has 1 saturated heterocycles. The first-order valence-corrected chi connectivity index (χ1v) is 5.99. The molecule has 2 heterocycles. The molecule has 0 unspecified atom stereocenters. The Bertz CT molecular complexity index is 478. The zero-order chi connectivity index (χ0) is 12.4. The second-order valence-electron chi connectivity index (χ2n) is 4.29. The van der Waals surface area contributed by atoms with Gasteiger partial charge in [0.25, 0.3) is 0 Å². The quantitative estimate of drug-likeness (QED) is 0.787. The van der Waals surface area contributed by atoms with Crippen LogP contribution in [0.2, 0.25) is 0 Å². The summed E-state index contributed by atoms with van der Waals surface area (Å²) in [6, 6.07) is 7.79. The van der Waals surface area contributed by atoms with Gasteiger partial charge in [0, 0.05) is 13.1 Å². The zero-order valence-electron chi connectivity index (χ0n) is 9.96. The van der Waals surface area contributed by atoms with E-state index in [1.165, 1.54) is 0 Å². The first kappa shape index (κ1) is 11.3. The first-order valence-electron chi connectivity index (χ1n) is 5.99. The van der Waals surface area contributed by atoms with Crippen LogP contribution < -0.4 is 9.47 Å². The minimum Gasteiger partial charge on any atom is -0.454 e. The molecular weight excluding hydrogens is 232 g/mol. The third-order valence-corrected chi connectivity index (χ3v) is 3.25. The van der Waals surface area contributed by atoms with Gasteiger partial charge < -0.3 is 14.2 Å². The average molecular weight is 246 g/mol. The predicted octanol–water partition coefficient (Wildman–Crippen LogP) is 1.31. The van der Waals surface area contributed by atoms with Crippen LogP contribution >= 0.6 is 0 Å². The molecule has 0 amide bonds. The number of nitriles is 1. The van der Waals surface area contributed by atoms with Gasteiger partial charge in [-0.25, -0.2) is 0 Å². The van der Waals surface area contributed by atoms with Gasteiger partial charge in [-0.2, -0.15) is 5.26 Å². The molecular formula is C13H14N2O3. The van der Waals surface area contributed by atoms with Crippen LogP contribution in [0.5, 0.6) is 11.5 Å². The van der Waals surface area contributed by atoms with Crippen LogP contribution in [-0.4, -0.2) is 38.0 Å². The molecule has 0 spiro atoms. The highest BCUT2D eigenvalue weighted by molar-refractivity contribution is 5.46. The molecule has 0 aromatic heterocycles. The molecule has 18 heavy (non-hydrogen) atoms. The van der Waals surface area contributed by atoms with Crippen LogP contribution in [-0.2, 0) is 4.74 Å². The van der Waals surface area contributed by atoms with Crippen LogP contribution in [0, 0.1) is 11.3 Å². The molecule has 0 saturated carbocycles. The van der Waals surface area contributed by atoms with E-state index in [0.29, 0.717) is 13.2 Å². The fourth-order valence-electron chi connectivity index (χ4n) is 2.29. The number of morpholine rings is 1. The van der Waals surface area contributed by atoms with Gasteiger partial charge >= 0.3 is 0 Å². The molecule has 1 aromatic carbocycles. The summed E-state index contributed by atoms with van der Waals surface area (Å²) < 4.78 is 15.9. The van der Waals surface area contributed by atoms with E-state index in [1.54, 1.807) is 0 Å². The molecule has 0 radical (unpaired) electrons. The van der Waals surface area contributed by atoms with Gasteiger partial charge in [0.2, 0.25) is 6.79 Å². The molecule has 2 aliphatic heterocycles. The molecule has 5 heteroatoms. The number of nitrogens with zero attached hydrogens (tertiary/aromatic N) is 2. The minimum absolute atomic E-state index is 0.247. The number of hydrogen-bond acceptors (Lipinski definition) is 5. The maximum atomic E-state index is 9.38. The zero-order valence-corrected chi connectivity index (χ0v) is 9.96. The van der Waals surface area contributed by atoms with Crippen molar-refractivity contribution in [2.75, 3.05) is 33.1 Å². The molecule has 3 rings (SSSR count). The monoisotopic (exact) mass is 246 g/mol. The maximum absolute atomic E-state index is 9.38. The highest BCUT2D eigenvalue weighted by Crippen LogP contribution is 2.35. The molecule has 0 aliphatic carbocycles. The van der Waals surface area contributed by atoms with Crippen molar-refractivity contribution in [3.05, 3.63) is 23.8 Å². The Labute approximate surface area is 105 Å². The number of hydrogen-bond donors (Lipinski definition) is 0. The van der Waals surface area contributed by atoms with Crippen molar-refractivity contribution in [2.45, 2.75) is 6.04 Å². The number of fused-ring (bicyclic) bond motifs is 1. The SMILES string of the molecule is N#C[C@@H](c1ccc2c(c1)OCO2)N1CCOCC1. The highest BCUT2D eigenvalue weighted by Gasteiger charge is 2.24. The van der Waals surface area contributed by atoms with Crippen LogP contribution in [0.1, 0.15) is 11.6 Å². The van der Waals surface area contributed by atoms with E-state index < -0.39 is 0 Å². The Morgan fingerprint density at radius 1 is 1.17 bits per heavy atom. The van der Waals surface area contributed by atoms with Crippen molar-refractivity contribution in [1.29, 1.82) is 5.26 Å². The Hall–Kier alpha value is -1.77. The van der Waals surface area contributed by atoms with Crippen LogP contribution in [0.4, 0.5) is 0 Å². The van der Waals surface area contributed by atoms with Crippen molar-refractivity contribution in [1.82, 2.24) is 4.90 Å². The van der Waals surface area contributed by atoms with Crippen LogP contribution in [0.25, 0.3) is 0 Å². The first-order chi connectivity index (χ1) is 8.88. The van der Waals surface area contributed by atoms with Gasteiger partial charge in [-0.15, -0.1) is 0 Å². The van der Waals surface area contributed by atoms with E-state index in [-0.39, 0.29) is 12.8 Å². The van der Waals surface area contributed by atoms with E-state index >= 15 is 0 Å². The van der Waals surface area contributed by atoms with Gasteiger partial charge in [-0.1, -0.05) is 6.07 Å². The van der Waals surface area contributed by atoms with Gasteiger partial charge in [0.05, 0.1) is 19.3 Å². The van der Waals surface area contributed by atoms with E-state index in [1.807, 2.05) is 18.2 Å². The highest BCUT2D eigenvalue weighted by atomic mass is 16.7. The van der Waals surface area contributed by atoms with E-state index in [2.05, 4.69) is 11.0 Å². The van der Waals surface area contributed by atoms with Crippen LogP contribution in [0.15, 0.2) is 18.2 Å². The Balaban J connectivity index is 1.85. The molecule has 0 bridgehead atoms. The van der Waals surface area contributed by atoms with Gasteiger partial charge in [-0.05, 0) is 17.7 Å². The van der Waals surface area contributed by atoms with Crippen molar-refractivity contribution in [2.24, 2.45) is 0 Å². The lowest BCUT2D eigenvalue weighted by Gasteiger charge is -2.30. The number of ether oxygens (including phenoxy) is 3. The summed E-state index contributed by atoms with van der Waals surface area (Å²) in [7, 11) is 0. The van der Waals surface area contributed by atoms with Gasteiger partial charge in [-0.3, -0.25) is 4.90 Å². The van der Waals surface area contributed by atoms with Crippen molar-refractivity contribution in [3.63, 3.8) is 0 Å². The topological polar surface area (TPSA) is 54.7 Å². The summed E-state index contributed by atoms with van der Waals surface area (Å²) in [6.07, 6.45) is 0. The lowest BCUT2D eigenvalue weighted by atomic mass is 10.1.